The Labute approximate surface area is 160 Å². The van der Waals surface area contributed by atoms with Crippen LogP contribution < -0.4 is 10.2 Å². The van der Waals surface area contributed by atoms with E-state index in [1.807, 2.05) is 7.05 Å². The lowest BCUT2D eigenvalue weighted by molar-refractivity contribution is 0.522. The van der Waals surface area contributed by atoms with Crippen molar-refractivity contribution in [3.05, 3.63) is 47.5 Å². The number of imidazole rings is 1. The molecule has 6 heteroatoms. The number of para-hydroxylation sites is 1. The molecule has 0 atom stereocenters. The van der Waals surface area contributed by atoms with Gasteiger partial charge in [0.1, 0.15) is 5.82 Å². The minimum absolute atomic E-state index is 0. The molecule has 4 rings (SSSR count). The van der Waals surface area contributed by atoms with E-state index in [2.05, 4.69) is 50.2 Å². The van der Waals surface area contributed by atoms with E-state index in [1.165, 1.54) is 29.9 Å². The molecule has 0 unspecified atom stereocenters. The van der Waals surface area contributed by atoms with Crippen LogP contribution >= 0.6 is 24.0 Å². The van der Waals surface area contributed by atoms with E-state index in [-0.39, 0.29) is 24.0 Å². The predicted octanol–water partition coefficient (Wildman–Crippen LogP) is 2.98. The fourth-order valence-electron chi connectivity index (χ4n) is 3.58. The molecule has 0 saturated carbocycles. The largest absolute Gasteiger partial charge is 0.350 e. The molecule has 0 aliphatic carbocycles. The van der Waals surface area contributed by atoms with Gasteiger partial charge in [-0.05, 0) is 30.9 Å². The molecule has 3 heterocycles. The van der Waals surface area contributed by atoms with Crippen molar-refractivity contribution in [2.45, 2.75) is 38.8 Å². The summed E-state index contributed by atoms with van der Waals surface area (Å²) in [5.74, 6) is 2.16. The fraction of sp³-hybridized carbons (Fsp3) is 0.444. The quantitative estimate of drug-likeness (QED) is 0.447. The third kappa shape index (κ3) is 3.29. The SMILES string of the molecule is CN=C(NCc1cn2c(n1)CCCC2)N1CCc2ccccc21.I. The maximum atomic E-state index is 4.75. The van der Waals surface area contributed by atoms with Crippen LogP contribution in [0.15, 0.2) is 35.5 Å². The summed E-state index contributed by atoms with van der Waals surface area (Å²) < 4.78 is 2.30. The number of hydrogen-bond acceptors (Lipinski definition) is 2. The van der Waals surface area contributed by atoms with Crippen LogP contribution in [0.5, 0.6) is 0 Å². The summed E-state index contributed by atoms with van der Waals surface area (Å²) in [6.07, 6.45) is 6.90. The van der Waals surface area contributed by atoms with Gasteiger partial charge in [0.2, 0.25) is 0 Å². The first-order valence-electron chi connectivity index (χ1n) is 8.46. The van der Waals surface area contributed by atoms with Crippen molar-refractivity contribution in [1.82, 2.24) is 14.9 Å². The highest BCUT2D eigenvalue weighted by atomic mass is 127. The molecule has 2 aromatic rings. The molecule has 0 radical (unpaired) electrons. The summed E-state index contributed by atoms with van der Waals surface area (Å²) in [5, 5.41) is 3.48. The minimum Gasteiger partial charge on any atom is -0.350 e. The van der Waals surface area contributed by atoms with Gasteiger partial charge in [0.05, 0.1) is 12.2 Å². The van der Waals surface area contributed by atoms with E-state index in [4.69, 9.17) is 4.98 Å². The van der Waals surface area contributed by atoms with Crippen molar-refractivity contribution < 1.29 is 0 Å². The third-order valence-electron chi connectivity index (χ3n) is 4.74. The zero-order valence-electron chi connectivity index (χ0n) is 14.0. The molecule has 128 valence electrons. The third-order valence-corrected chi connectivity index (χ3v) is 4.74. The lowest BCUT2D eigenvalue weighted by Crippen LogP contribution is -2.40. The molecule has 0 saturated heterocycles. The highest BCUT2D eigenvalue weighted by Crippen LogP contribution is 2.27. The van der Waals surface area contributed by atoms with E-state index in [0.717, 1.165) is 44.1 Å². The Hall–Kier alpha value is -1.57. The lowest BCUT2D eigenvalue weighted by Gasteiger charge is -2.22. The number of guanidine groups is 1. The molecule has 2 aliphatic heterocycles. The van der Waals surface area contributed by atoms with Crippen LogP contribution in [0.4, 0.5) is 5.69 Å². The maximum absolute atomic E-state index is 4.75. The molecule has 0 fully saturated rings. The lowest BCUT2D eigenvalue weighted by atomic mass is 10.2. The van der Waals surface area contributed by atoms with Gasteiger partial charge in [0.15, 0.2) is 5.96 Å². The molecular weight excluding hydrogens is 413 g/mol. The number of rotatable bonds is 2. The standard InChI is InChI=1S/C18H23N5.HI/c1-19-18(23-11-9-14-6-2-3-7-16(14)23)20-12-15-13-22-10-5-4-8-17(22)21-15;/h2-3,6-7,13H,4-5,8-12H2,1H3,(H,19,20);1H. The highest BCUT2D eigenvalue weighted by molar-refractivity contribution is 14.0. The predicted molar refractivity (Wildman–Crippen MR) is 108 cm³/mol. The first-order valence-corrected chi connectivity index (χ1v) is 8.46. The Morgan fingerprint density at radius 3 is 2.92 bits per heavy atom. The van der Waals surface area contributed by atoms with E-state index in [0.29, 0.717) is 0 Å². The second-order valence-electron chi connectivity index (χ2n) is 6.23. The summed E-state index contributed by atoms with van der Waals surface area (Å²) in [5.41, 5.74) is 3.77. The van der Waals surface area contributed by atoms with Gasteiger partial charge in [-0.3, -0.25) is 4.99 Å². The first kappa shape index (κ1) is 17.3. The molecule has 1 aromatic heterocycles. The van der Waals surface area contributed by atoms with Crippen LogP contribution in [0, 0.1) is 0 Å². The maximum Gasteiger partial charge on any atom is 0.198 e. The van der Waals surface area contributed by atoms with Crippen LogP contribution in [0.2, 0.25) is 0 Å². The average molecular weight is 437 g/mol. The van der Waals surface area contributed by atoms with Crippen LogP contribution in [0.3, 0.4) is 0 Å². The van der Waals surface area contributed by atoms with Crippen LogP contribution in [-0.2, 0) is 25.9 Å². The zero-order chi connectivity index (χ0) is 15.6. The van der Waals surface area contributed by atoms with Gasteiger partial charge >= 0.3 is 0 Å². The van der Waals surface area contributed by atoms with Crippen molar-refractivity contribution >= 4 is 35.6 Å². The van der Waals surface area contributed by atoms with Crippen molar-refractivity contribution in [3.8, 4) is 0 Å². The number of anilines is 1. The molecule has 0 amide bonds. The summed E-state index contributed by atoms with van der Waals surface area (Å²) >= 11 is 0. The van der Waals surface area contributed by atoms with E-state index < -0.39 is 0 Å². The molecule has 1 aromatic carbocycles. The van der Waals surface area contributed by atoms with E-state index in [1.54, 1.807) is 0 Å². The van der Waals surface area contributed by atoms with Crippen LogP contribution in [0.25, 0.3) is 0 Å². The van der Waals surface area contributed by atoms with Crippen molar-refractivity contribution in [3.63, 3.8) is 0 Å². The smallest absolute Gasteiger partial charge is 0.198 e. The van der Waals surface area contributed by atoms with Crippen LogP contribution in [0.1, 0.15) is 29.9 Å². The Morgan fingerprint density at radius 2 is 2.08 bits per heavy atom. The van der Waals surface area contributed by atoms with Gasteiger partial charge < -0.3 is 14.8 Å². The first-order chi connectivity index (χ1) is 11.3. The normalized spacial score (nSPS) is 16.4. The minimum atomic E-state index is 0. The number of halogens is 1. The average Bonchev–Trinajstić information content (AvgIpc) is 3.19. The van der Waals surface area contributed by atoms with Crippen molar-refractivity contribution in [2.75, 3.05) is 18.5 Å². The Kier molecular flexibility index (Phi) is 5.43. The molecular formula is C18H24IN5. The number of nitrogens with one attached hydrogen (secondary N) is 1. The number of nitrogens with zero attached hydrogens (tertiary/aromatic N) is 4. The Morgan fingerprint density at radius 1 is 1.21 bits per heavy atom. The summed E-state index contributed by atoms with van der Waals surface area (Å²) in [4.78, 5) is 11.5. The molecule has 2 aliphatic rings. The Balaban J connectivity index is 0.00000169. The summed E-state index contributed by atoms with van der Waals surface area (Å²) in [6, 6.07) is 8.57. The highest BCUT2D eigenvalue weighted by Gasteiger charge is 2.22. The van der Waals surface area contributed by atoms with Gasteiger partial charge in [-0.1, -0.05) is 18.2 Å². The molecule has 5 nitrogen and oxygen atoms in total. The number of aryl methyl sites for hydroxylation is 2. The molecule has 1 N–H and O–H groups in total. The van der Waals surface area contributed by atoms with Gasteiger partial charge in [-0.2, -0.15) is 0 Å². The van der Waals surface area contributed by atoms with Gasteiger partial charge in [0.25, 0.3) is 0 Å². The number of aromatic nitrogens is 2. The Bertz CT molecular complexity index is 713. The van der Waals surface area contributed by atoms with Gasteiger partial charge in [-0.25, -0.2) is 4.98 Å². The topological polar surface area (TPSA) is 45.5 Å². The fourth-order valence-corrected chi connectivity index (χ4v) is 3.58. The zero-order valence-corrected chi connectivity index (χ0v) is 16.4. The number of hydrogen-bond donors (Lipinski definition) is 1. The second-order valence-corrected chi connectivity index (χ2v) is 6.23. The van der Waals surface area contributed by atoms with Gasteiger partial charge in [0, 0.05) is 38.4 Å². The monoisotopic (exact) mass is 437 g/mol. The number of aliphatic imine (C=N–C) groups is 1. The van der Waals surface area contributed by atoms with Crippen molar-refractivity contribution in [2.24, 2.45) is 4.99 Å². The van der Waals surface area contributed by atoms with Crippen LogP contribution in [-0.4, -0.2) is 29.1 Å². The molecule has 0 spiro atoms. The van der Waals surface area contributed by atoms with E-state index >= 15 is 0 Å². The van der Waals surface area contributed by atoms with Crippen molar-refractivity contribution in [1.29, 1.82) is 0 Å². The molecule has 0 bridgehead atoms. The number of benzene rings is 1. The summed E-state index contributed by atoms with van der Waals surface area (Å²) in [6.45, 7) is 2.82. The summed E-state index contributed by atoms with van der Waals surface area (Å²) in [7, 11) is 1.85. The van der Waals surface area contributed by atoms with E-state index in [9.17, 15) is 0 Å². The second kappa shape index (κ2) is 7.55. The number of fused-ring (bicyclic) bond motifs is 2. The van der Waals surface area contributed by atoms with Gasteiger partial charge in [-0.15, -0.1) is 24.0 Å². The molecule has 24 heavy (non-hydrogen) atoms.